The lowest BCUT2D eigenvalue weighted by Gasteiger charge is -2.16. The van der Waals surface area contributed by atoms with Gasteiger partial charge in [0.05, 0.1) is 13.2 Å². The lowest BCUT2D eigenvalue weighted by molar-refractivity contribution is 0.206. The van der Waals surface area contributed by atoms with E-state index in [4.69, 9.17) is 9.63 Å². The van der Waals surface area contributed by atoms with E-state index in [2.05, 4.69) is 38.4 Å². The number of likely N-dealkylation sites (tertiary alicyclic amines) is 1. The highest BCUT2D eigenvalue weighted by Crippen LogP contribution is 2.51. The molecule has 0 amide bonds. The molecule has 1 aliphatic heterocycles. The number of β-amino-alcohol motifs (C(OH)–C–C–N with tert-alkyl or cyclic N) is 1. The van der Waals surface area contributed by atoms with Gasteiger partial charge < -0.3 is 19.1 Å². The van der Waals surface area contributed by atoms with Crippen LogP contribution in [0, 0.1) is 29.6 Å². The van der Waals surface area contributed by atoms with Gasteiger partial charge >= 0.3 is 0 Å². The molecule has 3 heterocycles. The second-order valence-electron chi connectivity index (χ2n) is 8.19. The number of aliphatic hydroxyl groups is 1. The summed E-state index contributed by atoms with van der Waals surface area (Å²) in [6.45, 7) is 5.96. The van der Waals surface area contributed by atoms with Crippen LogP contribution in [0.5, 0.6) is 0 Å². The van der Waals surface area contributed by atoms with Crippen molar-refractivity contribution < 1.29 is 9.63 Å². The van der Waals surface area contributed by atoms with Crippen molar-refractivity contribution >= 4 is 0 Å². The van der Waals surface area contributed by atoms with E-state index < -0.39 is 0 Å². The summed E-state index contributed by atoms with van der Waals surface area (Å²) in [6.07, 6.45) is 4.68. The summed E-state index contributed by atoms with van der Waals surface area (Å²) >= 11 is 0. The minimum atomic E-state index is 0.248. The molecular formula is C24H26N4O2. The number of benzene rings is 1. The Hall–Kier alpha value is -2.88. The first-order chi connectivity index (χ1) is 14.7. The fraction of sp³-hybridized carbons (Fsp3) is 0.417. The van der Waals surface area contributed by atoms with Gasteiger partial charge in [-0.15, -0.1) is 0 Å². The van der Waals surface area contributed by atoms with Crippen LogP contribution in [0.3, 0.4) is 0 Å². The van der Waals surface area contributed by atoms with Crippen LogP contribution in [-0.4, -0.2) is 51.0 Å². The Kier molecular flexibility index (Phi) is 5.16. The zero-order valence-corrected chi connectivity index (χ0v) is 17.2. The maximum Gasteiger partial charge on any atom is 0.167 e. The Morgan fingerprint density at radius 3 is 2.73 bits per heavy atom. The number of imidazole rings is 1. The number of rotatable bonds is 6. The standard InChI is InChI=1S/C24H26N4O2/c1-2-24-25-9-10-28(24)14-19-13-23(30-26-19)18-6-3-17(4-7-18)5-8-20-21-15-27(11-12-29)16-22(20)21/h3-4,6-7,9-10,13,20-22,29H,2,11-12,14-16H2,1H3/t20-,21-,22+. The van der Waals surface area contributed by atoms with Crippen LogP contribution in [0.4, 0.5) is 0 Å². The lowest BCUT2D eigenvalue weighted by Crippen LogP contribution is -2.27. The molecule has 0 spiro atoms. The second-order valence-corrected chi connectivity index (χ2v) is 8.19. The van der Waals surface area contributed by atoms with E-state index in [1.165, 1.54) is 0 Å². The molecular weight excluding hydrogens is 376 g/mol. The van der Waals surface area contributed by atoms with Gasteiger partial charge in [0.25, 0.3) is 0 Å². The Bertz CT molecular complexity index is 1060. The van der Waals surface area contributed by atoms with Gasteiger partial charge in [0.1, 0.15) is 11.5 Å². The molecule has 30 heavy (non-hydrogen) atoms. The normalized spacial score (nSPS) is 22.5. The molecule has 1 N–H and O–H groups in total. The van der Waals surface area contributed by atoms with Crippen molar-refractivity contribution in [2.75, 3.05) is 26.2 Å². The third kappa shape index (κ3) is 3.79. The van der Waals surface area contributed by atoms with Crippen molar-refractivity contribution in [3.8, 4) is 23.2 Å². The molecule has 1 aliphatic carbocycles. The number of nitrogens with zero attached hydrogens (tertiary/aromatic N) is 4. The first-order valence-corrected chi connectivity index (χ1v) is 10.7. The number of aryl methyl sites for hydroxylation is 1. The summed E-state index contributed by atoms with van der Waals surface area (Å²) in [4.78, 5) is 6.69. The number of aromatic nitrogens is 3. The molecule has 2 aliphatic rings. The molecule has 5 rings (SSSR count). The maximum absolute atomic E-state index is 9.05. The Balaban J connectivity index is 1.20. The highest BCUT2D eigenvalue weighted by atomic mass is 16.5. The molecule has 1 aromatic carbocycles. The van der Waals surface area contributed by atoms with E-state index in [-0.39, 0.29) is 6.61 Å². The third-order valence-corrected chi connectivity index (χ3v) is 6.25. The number of aliphatic hydroxyl groups excluding tert-OH is 1. The Labute approximate surface area is 176 Å². The zero-order chi connectivity index (χ0) is 20.5. The van der Waals surface area contributed by atoms with Crippen LogP contribution >= 0.6 is 0 Å². The van der Waals surface area contributed by atoms with Crippen molar-refractivity contribution in [3.05, 3.63) is 59.8 Å². The smallest absolute Gasteiger partial charge is 0.167 e. The molecule has 6 nitrogen and oxygen atoms in total. The van der Waals surface area contributed by atoms with Crippen molar-refractivity contribution in [1.29, 1.82) is 0 Å². The summed E-state index contributed by atoms with van der Waals surface area (Å²) in [6, 6.07) is 10.2. The Morgan fingerprint density at radius 1 is 1.20 bits per heavy atom. The average Bonchev–Trinajstić information content (AvgIpc) is 3.23. The van der Waals surface area contributed by atoms with Crippen molar-refractivity contribution in [2.24, 2.45) is 17.8 Å². The van der Waals surface area contributed by atoms with Crippen LogP contribution in [0.15, 0.2) is 47.2 Å². The van der Waals surface area contributed by atoms with Gasteiger partial charge in [-0.3, -0.25) is 0 Å². The summed E-state index contributed by atoms with van der Waals surface area (Å²) in [7, 11) is 0. The van der Waals surface area contributed by atoms with Crippen LogP contribution in [0.25, 0.3) is 11.3 Å². The summed E-state index contributed by atoms with van der Waals surface area (Å²) in [5.74, 6) is 10.5. The quantitative estimate of drug-likeness (QED) is 0.642. The molecule has 6 heteroatoms. The zero-order valence-electron chi connectivity index (χ0n) is 17.2. The van der Waals surface area contributed by atoms with Gasteiger partial charge in [0, 0.05) is 61.6 Å². The van der Waals surface area contributed by atoms with Gasteiger partial charge in [-0.25, -0.2) is 4.98 Å². The van der Waals surface area contributed by atoms with Crippen LogP contribution in [0.2, 0.25) is 0 Å². The van der Waals surface area contributed by atoms with Gasteiger partial charge in [-0.05, 0) is 36.1 Å². The molecule has 2 fully saturated rings. The molecule has 154 valence electrons. The third-order valence-electron chi connectivity index (χ3n) is 6.25. The monoisotopic (exact) mass is 402 g/mol. The number of hydrogen-bond acceptors (Lipinski definition) is 5. The molecule has 3 aromatic rings. The average molecular weight is 402 g/mol. The number of hydrogen-bond donors (Lipinski definition) is 1. The SMILES string of the molecule is CCc1nccn1Cc1cc(-c2ccc(C#C[C@@H]3[C@H]4CN(CCO)C[C@@H]34)cc2)on1. The number of fused-ring (bicyclic) bond motifs is 1. The number of piperidine rings is 1. The van der Waals surface area contributed by atoms with Gasteiger partial charge in [-0.2, -0.15) is 0 Å². The van der Waals surface area contributed by atoms with Crippen LogP contribution in [0.1, 0.15) is 24.0 Å². The van der Waals surface area contributed by atoms with E-state index in [1.807, 2.05) is 42.7 Å². The van der Waals surface area contributed by atoms with Crippen molar-refractivity contribution in [1.82, 2.24) is 19.6 Å². The minimum Gasteiger partial charge on any atom is -0.395 e. The Morgan fingerprint density at radius 2 is 2.00 bits per heavy atom. The second kappa shape index (κ2) is 8.10. The molecule has 2 aromatic heterocycles. The van der Waals surface area contributed by atoms with E-state index in [0.717, 1.165) is 54.5 Å². The van der Waals surface area contributed by atoms with E-state index in [0.29, 0.717) is 24.3 Å². The molecule has 1 saturated carbocycles. The molecule has 3 atom stereocenters. The van der Waals surface area contributed by atoms with Gasteiger partial charge in [-0.1, -0.05) is 23.9 Å². The first kappa shape index (κ1) is 19.1. The summed E-state index contributed by atoms with van der Waals surface area (Å²) in [5.41, 5.74) is 2.92. The molecule has 0 radical (unpaired) electrons. The fourth-order valence-electron chi connectivity index (χ4n) is 4.53. The maximum atomic E-state index is 9.05. The van der Waals surface area contributed by atoms with Crippen molar-refractivity contribution in [2.45, 2.75) is 19.9 Å². The van der Waals surface area contributed by atoms with E-state index >= 15 is 0 Å². The van der Waals surface area contributed by atoms with Gasteiger partial charge in [0.2, 0.25) is 0 Å². The van der Waals surface area contributed by atoms with Crippen LogP contribution < -0.4 is 0 Å². The molecule has 1 saturated heterocycles. The topological polar surface area (TPSA) is 67.3 Å². The lowest BCUT2D eigenvalue weighted by atomic mass is 10.1. The highest BCUT2D eigenvalue weighted by molar-refractivity contribution is 5.59. The molecule has 0 unspecified atom stereocenters. The summed E-state index contributed by atoms with van der Waals surface area (Å²) in [5, 5.41) is 13.3. The minimum absolute atomic E-state index is 0.248. The molecule has 0 bridgehead atoms. The largest absolute Gasteiger partial charge is 0.395 e. The van der Waals surface area contributed by atoms with Gasteiger partial charge in [0.15, 0.2) is 5.76 Å². The summed E-state index contributed by atoms with van der Waals surface area (Å²) < 4.78 is 7.65. The fourth-order valence-corrected chi connectivity index (χ4v) is 4.53. The van der Waals surface area contributed by atoms with Crippen molar-refractivity contribution in [3.63, 3.8) is 0 Å². The predicted octanol–water partition coefficient (Wildman–Crippen LogP) is 2.67. The first-order valence-electron chi connectivity index (χ1n) is 10.7. The van der Waals surface area contributed by atoms with E-state index in [1.54, 1.807) is 0 Å². The van der Waals surface area contributed by atoms with Crippen LogP contribution in [-0.2, 0) is 13.0 Å². The predicted molar refractivity (Wildman–Crippen MR) is 114 cm³/mol. The van der Waals surface area contributed by atoms with E-state index in [9.17, 15) is 0 Å². The highest BCUT2D eigenvalue weighted by Gasteiger charge is 2.54.